The molecule has 0 radical (unpaired) electrons. The van der Waals surface area contributed by atoms with Gasteiger partial charge in [-0.1, -0.05) is 0 Å². The highest BCUT2D eigenvalue weighted by Crippen LogP contribution is 2.33. The number of carboxylic acids is 1. The fourth-order valence-corrected chi connectivity index (χ4v) is 2.53. The van der Waals surface area contributed by atoms with E-state index in [1.807, 2.05) is 0 Å². The second-order valence-electron chi connectivity index (χ2n) is 5.18. The summed E-state index contributed by atoms with van der Waals surface area (Å²) in [6.45, 7) is 0.103. The minimum Gasteiger partial charge on any atom is -0.480 e. The number of carbonyl (C=O) groups excluding carboxylic acids is 1. The van der Waals surface area contributed by atoms with Gasteiger partial charge in [0.2, 0.25) is 5.91 Å². The molecule has 6 nitrogen and oxygen atoms in total. The third kappa shape index (κ3) is 2.42. The molecule has 2 atom stereocenters. The van der Waals surface area contributed by atoms with Crippen molar-refractivity contribution in [3.8, 4) is 0 Å². The van der Waals surface area contributed by atoms with Crippen LogP contribution in [0.25, 0.3) is 0 Å². The molecule has 2 fully saturated rings. The number of carbonyl (C=O) groups is 2. The molecule has 17 heavy (non-hydrogen) atoms. The van der Waals surface area contributed by atoms with Crippen LogP contribution in [-0.2, 0) is 9.59 Å². The molecule has 0 bridgehead atoms. The van der Waals surface area contributed by atoms with Crippen LogP contribution in [0.3, 0.4) is 0 Å². The maximum absolute atomic E-state index is 12.0. The topological polar surface area (TPSA) is 104 Å². The van der Waals surface area contributed by atoms with E-state index in [0.717, 1.165) is 19.3 Å². The standard InChI is InChI=1S/C11H18N2O4/c12-11(2-1-3-11)5-9(15)13-6-7(14)4-8(13)10(16)17/h7-8,14H,1-6,12H2,(H,16,17)/t7-,8-/m0/s1. The van der Waals surface area contributed by atoms with Gasteiger partial charge in [-0.2, -0.15) is 0 Å². The Morgan fingerprint density at radius 1 is 1.41 bits per heavy atom. The fraction of sp³-hybridized carbons (Fsp3) is 0.818. The van der Waals surface area contributed by atoms with Crippen molar-refractivity contribution in [2.24, 2.45) is 5.73 Å². The first-order chi connectivity index (χ1) is 7.91. The normalized spacial score (nSPS) is 31.1. The van der Waals surface area contributed by atoms with Crippen LogP contribution >= 0.6 is 0 Å². The highest BCUT2D eigenvalue weighted by Gasteiger charge is 2.42. The molecule has 1 amide bonds. The lowest BCUT2D eigenvalue weighted by molar-refractivity contribution is -0.149. The summed E-state index contributed by atoms with van der Waals surface area (Å²) in [6.07, 6.45) is 2.20. The summed E-state index contributed by atoms with van der Waals surface area (Å²) in [7, 11) is 0. The summed E-state index contributed by atoms with van der Waals surface area (Å²) in [5.41, 5.74) is 5.52. The molecule has 2 rings (SSSR count). The number of nitrogens with zero attached hydrogens (tertiary/aromatic N) is 1. The summed E-state index contributed by atoms with van der Waals surface area (Å²) in [6, 6.07) is -0.902. The van der Waals surface area contributed by atoms with E-state index in [-0.39, 0.29) is 25.3 Å². The number of carboxylic acid groups (broad SMARTS) is 1. The van der Waals surface area contributed by atoms with Crippen molar-refractivity contribution in [2.75, 3.05) is 6.54 Å². The van der Waals surface area contributed by atoms with E-state index in [2.05, 4.69) is 0 Å². The number of amides is 1. The summed E-state index contributed by atoms with van der Waals surface area (Å²) >= 11 is 0. The monoisotopic (exact) mass is 242 g/mol. The number of nitrogens with two attached hydrogens (primary N) is 1. The molecule has 0 aromatic carbocycles. The van der Waals surface area contributed by atoms with E-state index in [0.29, 0.717) is 0 Å². The Bertz CT molecular complexity index is 340. The van der Waals surface area contributed by atoms with E-state index >= 15 is 0 Å². The fourth-order valence-electron chi connectivity index (χ4n) is 2.53. The lowest BCUT2D eigenvalue weighted by atomic mass is 9.75. The van der Waals surface area contributed by atoms with Gasteiger partial charge in [-0.05, 0) is 19.3 Å². The lowest BCUT2D eigenvalue weighted by Crippen LogP contribution is -2.52. The summed E-state index contributed by atoms with van der Waals surface area (Å²) < 4.78 is 0. The number of hydrogen-bond acceptors (Lipinski definition) is 4. The summed E-state index contributed by atoms with van der Waals surface area (Å²) in [5, 5.41) is 18.4. The van der Waals surface area contributed by atoms with Gasteiger partial charge >= 0.3 is 5.97 Å². The third-order valence-corrected chi connectivity index (χ3v) is 3.74. The molecule has 0 aromatic rings. The van der Waals surface area contributed by atoms with Crippen LogP contribution in [0.2, 0.25) is 0 Å². The Labute approximate surface area is 99.4 Å². The Kier molecular flexibility index (Phi) is 3.09. The van der Waals surface area contributed by atoms with Gasteiger partial charge in [-0.15, -0.1) is 0 Å². The van der Waals surface area contributed by atoms with Gasteiger partial charge in [0.05, 0.1) is 6.10 Å². The molecule has 1 saturated heterocycles. The van der Waals surface area contributed by atoms with E-state index in [4.69, 9.17) is 10.8 Å². The second-order valence-corrected chi connectivity index (χ2v) is 5.18. The van der Waals surface area contributed by atoms with Gasteiger partial charge in [-0.25, -0.2) is 4.79 Å². The Hall–Kier alpha value is -1.14. The number of β-amino-alcohol motifs (C(OH)–C–C–N with tert-alkyl or cyclic N) is 1. The number of hydrogen-bond donors (Lipinski definition) is 3. The molecule has 4 N–H and O–H groups in total. The van der Waals surface area contributed by atoms with E-state index < -0.39 is 23.7 Å². The molecule has 1 aliphatic carbocycles. The van der Waals surface area contributed by atoms with Crippen molar-refractivity contribution in [2.45, 2.75) is 49.8 Å². The molecule has 1 saturated carbocycles. The number of aliphatic hydroxyl groups is 1. The molecule has 6 heteroatoms. The number of aliphatic hydroxyl groups excluding tert-OH is 1. The Balaban J connectivity index is 2.00. The van der Waals surface area contributed by atoms with Crippen LogP contribution in [-0.4, -0.2) is 51.2 Å². The smallest absolute Gasteiger partial charge is 0.326 e. The van der Waals surface area contributed by atoms with E-state index in [1.54, 1.807) is 0 Å². The van der Waals surface area contributed by atoms with Crippen LogP contribution < -0.4 is 5.73 Å². The van der Waals surface area contributed by atoms with Crippen LogP contribution in [0.1, 0.15) is 32.1 Å². The van der Waals surface area contributed by atoms with Crippen molar-refractivity contribution in [3.05, 3.63) is 0 Å². The number of rotatable bonds is 3. The van der Waals surface area contributed by atoms with Gasteiger partial charge in [-0.3, -0.25) is 4.79 Å². The zero-order chi connectivity index (χ0) is 12.6. The zero-order valence-corrected chi connectivity index (χ0v) is 9.63. The van der Waals surface area contributed by atoms with Crippen LogP contribution in [0.5, 0.6) is 0 Å². The van der Waals surface area contributed by atoms with Crippen molar-refractivity contribution in [1.82, 2.24) is 4.90 Å². The second kappa shape index (κ2) is 4.27. The van der Waals surface area contributed by atoms with Gasteiger partial charge < -0.3 is 20.8 Å². The molecule has 0 aromatic heterocycles. The molecule has 96 valence electrons. The van der Waals surface area contributed by atoms with Crippen LogP contribution in [0, 0.1) is 0 Å². The predicted octanol–water partition coefficient (Wildman–Crippen LogP) is -0.696. The quantitative estimate of drug-likeness (QED) is 0.607. The van der Waals surface area contributed by atoms with Crippen LogP contribution in [0.4, 0.5) is 0 Å². The molecule has 0 unspecified atom stereocenters. The molecule has 1 heterocycles. The molecule has 0 spiro atoms. The Morgan fingerprint density at radius 3 is 2.53 bits per heavy atom. The first kappa shape index (κ1) is 12.3. The summed E-state index contributed by atoms with van der Waals surface area (Å²) in [4.78, 5) is 24.2. The highest BCUT2D eigenvalue weighted by atomic mass is 16.4. The van der Waals surface area contributed by atoms with Gasteiger partial charge in [0.15, 0.2) is 0 Å². The average molecular weight is 242 g/mol. The van der Waals surface area contributed by atoms with Gasteiger partial charge in [0.1, 0.15) is 6.04 Å². The molecule has 1 aliphatic heterocycles. The minimum atomic E-state index is -1.06. The number of likely N-dealkylation sites (tertiary alicyclic amines) is 1. The first-order valence-corrected chi connectivity index (χ1v) is 5.90. The van der Waals surface area contributed by atoms with Gasteiger partial charge in [0.25, 0.3) is 0 Å². The molecular formula is C11H18N2O4. The zero-order valence-electron chi connectivity index (χ0n) is 9.63. The van der Waals surface area contributed by atoms with Crippen molar-refractivity contribution < 1.29 is 19.8 Å². The largest absolute Gasteiger partial charge is 0.480 e. The van der Waals surface area contributed by atoms with Crippen molar-refractivity contribution >= 4 is 11.9 Å². The maximum Gasteiger partial charge on any atom is 0.326 e. The van der Waals surface area contributed by atoms with E-state index in [9.17, 15) is 14.7 Å². The minimum absolute atomic E-state index is 0.103. The van der Waals surface area contributed by atoms with E-state index in [1.165, 1.54) is 4.90 Å². The average Bonchev–Trinajstić information content (AvgIpc) is 2.58. The van der Waals surface area contributed by atoms with Crippen molar-refractivity contribution in [3.63, 3.8) is 0 Å². The predicted molar refractivity (Wildman–Crippen MR) is 59.1 cm³/mol. The molecular weight excluding hydrogens is 224 g/mol. The van der Waals surface area contributed by atoms with Crippen LogP contribution in [0.15, 0.2) is 0 Å². The lowest BCUT2D eigenvalue weighted by Gasteiger charge is -2.38. The van der Waals surface area contributed by atoms with Gasteiger partial charge in [0, 0.05) is 24.9 Å². The third-order valence-electron chi connectivity index (χ3n) is 3.74. The highest BCUT2D eigenvalue weighted by molar-refractivity contribution is 5.85. The SMILES string of the molecule is NC1(CC(=O)N2C[C@@H](O)C[C@H]2C(=O)O)CCC1. The molecule has 2 aliphatic rings. The number of aliphatic carboxylic acids is 1. The maximum atomic E-state index is 12.0. The van der Waals surface area contributed by atoms with Crippen molar-refractivity contribution in [1.29, 1.82) is 0 Å². The Morgan fingerprint density at radius 2 is 2.06 bits per heavy atom. The first-order valence-electron chi connectivity index (χ1n) is 5.90. The summed E-state index contributed by atoms with van der Waals surface area (Å²) in [5.74, 6) is -1.31.